The molecule has 1 heterocycles. The third-order valence-electron chi connectivity index (χ3n) is 3.16. The number of ether oxygens (including phenoxy) is 1. The van der Waals surface area contributed by atoms with Crippen LogP contribution in [0.2, 0.25) is 0 Å². The van der Waals surface area contributed by atoms with Gasteiger partial charge in [-0.2, -0.15) is 0 Å². The van der Waals surface area contributed by atoms with Crippen LogP contribution in [0.15, 0.2) is 24.3 Å². The van der Waals surface area contributed by atoms with Crippen LogP contribution in [0.4, 0.5) is 0 Å². The summed E-state index contributed by atoms with van der Waals surface area (Å²) in [7, 11) is 0. The molecule has 2 nitrogen and oxygen atoms in total. The molecule has 0 saturated carbocycles. The van der Waals surface area contributed by atoms with Gasteiger partial charge in [0, 0.05) is 13.0 Å². The van der Waals surface area contributed by atoms with Gasteiger partial charge in [0.15, 0.2) is 5.78 Å². The highest BCUT2D eigenvalue weighted by Crippen LogP contribution is 2.16. The van der Waals surface area contributed by atoms with Crippen LogP contribution >= 0.6 is 0 Å². The van der Waals surface area contributed by atoms with Crippen LogP contribution in [0.5, 0.6) is 0 Å². The van der Waals surface area contributed by atoms with Crippen LogP contribution < -0.4 is 0 Å². The fourth-order valence-corrected chi connectivity index (χ4v) is 2.10. The molecule has 1 atom stereocenters. The van der Waals surface area contributed by atoms with Crippen molar-refractivity contribution in [2.45, 2.75) is 38.7 Å². The van der Waals surface area contributed by atoms with E-state index in [-0.39, 0.29) is 11.9 Å². The Hall–Kier alpha value is -1.15. The zero-order valence-corrected chi connectivity index (χ0v) is 9.74. The molecule has 0 spiro atoms. The fourth-order valence-electron chi connectivity index (χ4n) is 2.10. The molecule has 1 unspecified atom stereocenters. The topological polar surface area (TPSA) is 26.3 Å². The molecule has 0 aromatic heterocycles. The maximum atomic E-state index is 12.0. The molecule has 0 bridgehead atoms. The predicted molar refractivity (Wildman–Crippen MR) is 63.5 cm³/mol. The lowest BCUT2D eigenvalue weighted by atomic mass is 9.97. The van der Waals surface area contributed by atoms with Crippen molar-refractivity contribution in [1.82, 2.24) is 0 Å². The van der Waals surface area contributed by atoms with E-state index in [0.29, 0.717) is 6.42 Å². The van der Waals surface area contributed by atoms with E-state index in [0.717, 1.165) is 31.4 Å². The molecule has 0 amide bonds. The molecular formula is C14H18O2. The minimum Gasteiger partial charge on any atom is -0.370 e. The first-order valence-corrected chi connectivity index (χ1v) is 5.96. The minimum atomic E-state index is -0.159. The van der Waals surface area contributed by atoms with E-state index >= 15 is 0 Å². The molecular weight excluding hydrogens is 200 g/mol. The molecule has 1 saturated heterocycles. The van der Waals surface area contributed by atoms with Gasteiger partial charge in [-0.05, 0) is 37.3 Å². The molecule has 2 rings (SSSR count). The van der Waals surface area contributed by atoms with Crippen molar-refractivity contribution >= 4 is 5.78 Å². The number of aryl methyl sites for hydroxylation is 1. The second-order valence-electron chi connectivity index (χ2n) is 4.42. The van der Waals surface area contributed by atoms with Gasteiger partial charge in [-0.1, -0.05) is 24.3 Å². The number of carbonyl (C=O) groups excluding carboxylic acids is 1. The van der Waals surface area contributed by atoms with Gasteiger partial charge in [-0.25, -0.2) is 0 Å². The molecule has 86 valence electrons. The Morgan fingerprint density at radius 3 is 2.88 bits per heavy atom. The second kappa shape index (κ2) is 5.26. The first kappa shape index (κ1) is 11.3. The van der Waals surface area contributed by atoms with Gasteiger partial charge in [-0.15, -0.1) is 0 Å². The Kier molecular flexibility index (Phi) is 3.73. The summed E-state index contributed by atoms with van der Waals surface area (Å²) in [6.45, 7) is 2.79. The average Bonchev–Trinajstić information content (AvgIpc) is 2.33. The smallest absolute Gasteiger partial charge is 0.165 e. The number of benzene rings is 1. The quantitative estimate of drug-likeness (QED) is 0.779. The summed E-state index contributed by atoms with van der Waals surface area (Å²) >= 11 is 0. The van der Waals surface area contributed by atoms with E-state index in [9.17, 15) is 4.79 Å². The highest BCUT2D eigenvalue weighted by atomic mass is 16.5. The van der Waals surface area contributed by atoms with Crippen LogP contribution in [0.1, 0.15) is 30.4 Å². The molecule has 2 heteroatoms. The van der Waals surface area contributed by atoms with Crippen molar-refractivity contribution in [1.29, 1.82) is 0 Å². The number of hydrogen-bond acceptors (Lipinski definition) is 2. The standard InChI is InChI=1S/C14H18O2/c1-11-6-2-3-7-12(11)10-13(15)14-8-4-5-9-16-14/h2-3,6-7,14H,4-5,8-10H2,1H3. The minimum absolute atomic E-state index is 0.159. The zero-order chi connectivity index (χ0) is 11.4. The molecule has 0 aliphatic carbocycles. The summed E-state index contributed by atoms with van der Waals surface area (Å²) in [5.41, 5.74) is 2.31. The van der Waals surface area contributed by atoms with Gasteiger partial charge in [-0.3, -0.25) is 4.79 Å². The maximum absolute atomic E-state index is 12.0. The predicted octanol–water partition coefficient (Wildman–Crippen LogP) is 2.68. The van der Waals surface area contributed by atoms with E-state index in [1.807, 2.05) is 31.2 Å². The zero-order valence-electron chi connectivity index (χ0n) is 9.74. The Labute approximate surface area is 96.6 Å². The molecule has 1 aliphatic heterocycles. The fraction of sp³-hybridized carbons (Fsp3) is 0.500. The van der Waals surface area contributed by atoms with Crippen molar-refractivity contribution in [3.63, 3.8) is 0 Å². The molecule has 16 heavy (non-hydrogen) atoms. The first-order chi connectivity index (χ1) is 7.77. The molecule has 1 aromatic carbocycles. The molecule has 1 aromatic rings. The van der Waals surface area contributed by atoms with E-state index in [2.05, 4.69) is 0 Å². The van der Waals surface area contributed by atoms with Gasteiger partial charge in [0.1, 0.15) is 6.10 Å². The Balaban J connectivity index is 1.99. The van der Waals surface area contributed by atoms with Gasteiger partial charge in [0.05, 0.1) is 0 Å². The van der Waals surface area contributed by atoms with Gasteiger partial charge in [0.25, 0.3) is 0 Å². The van der Waals surface area contributed by atoms with Gasteiger partial charge in [0.2, 0.25) is 0 Å². The SMILES string of the molecule is Cc1ccccc1CC(=O)C1CCCCO1. The first-order valence-electron chi connectivity index (χ1n) is 5.96. The van der Waals surface area contributed by atoms with E-state index in [4.69, 9.17) is 4.74 Å². The summed E-state index contributed by atoms with van der Waals surface area (Å²) in [4.78, 5) is 12.0. The van der Waals surface area contributed by atoms with Crippen molar-refractivity contribution in [2.24, 2.45) is 0 Å². The largest absolute Gasteiger partial charge is 0.370 e. The van der Waals surface area contributed by atoms with Crippen LogP contribution in [0, 0.1) is 6.92 Å². The Morgan fingerprint density at radius 1 is 1.38 bits per heavy atom. The van der Waals surface area contributed by atoms with Gasteiger partial charge < -0.3 is 4.74 Å². The third kappa shape index (κ3) is 2.70. The Morgan fingerprint density at radius 2 is 2.19 bits per heavy atom. The van der Waals surface area contributed by atoms with E-state index < -0.39 is 0 Å². The number of hydrogen-bond donors (Lipinski definition) is 0. The van der Waals surface area contributed by atoms with E-state index in [1.165, 1.54) is 5.56 Å². The van der Waals surface area contributed by atoms with Crippen molar-refractivity contribution < 1.29 is 9.53 Å². The Bertz CT molecular complexity index is 365. The number of ketones is 1. The summed E-state index contributed by atoms with van der Waals surface area (Å²) in [6, 6.07) is 8.05. The van der Waals surface area contributed by atoms with Crippen molar-refractivity contribution in [3.8, 4) is 0 Å². The second-order valence-corrected chi connectivity index (χ2v) is 4.42. The summed E-state index contributed by atoms with van der Waals surface area (Å²) in [5.74, 6) is 0.231. The third-order valence-corrected chi connectivity index (χ3v) is 3.16. The number of carbonyl (C=O) groups is 1. The van der Waals surface area contributed by atoms with E-state index in [1.54, 1.807) is 0 Å². The van der Waals surface area contributed by atoms with Crippen molar-refractivity contribution in [3.05, 3.63) is 35.4 Å². The van der Waals surface area contributed by atoms with Gasteiger partial charge >= 0.3 is 0 Å². The molecule has 1 fully saturated rings. The highest BCUT2D eigenvalue weighted by molar-refractivity contribution is 5.85. The lowest BCUT2D eigenvalue weighted by Crippen LogP contribution is -2.29. The molecule has 0 N–H and O–H groups in total. The van der Waals surface area contributed by atoms with Crippen LogP contribution in [-0.4, -0.2) is 18.5 Å². The van der Waals surface area contributed by atoms with Crippen LogP contribution in [0.25, 0.3) is 0 Å². The monoisotopic (exact) mass is 218 g/mol. The normalized spacial score (nSPS) is 20.7. The number of Topliss-reactive ketones (excluding diaryl/α,β-unsaturated/α-hetero) is 1. The summed E-state index contributed by atoms with van der Waals surface area (Å²) in [6.07, 6.45) is 3.45. The highest BCUT2D eigenvalue weighted by Gasteiger charge is 2.22. The summed E-state index contributed by atoms with van der Waals surface area (Å²) in [5, 5.41) is 0. The van der Waals surface area contributed by atoms with Crippen LogP contribution in [-0.2, 0) is 16.0 Å². The maximum Gasteiger partial charge on any atom is 0.165 e. The average molecular weight is 218 g/mol. The lowest BCUT2D eigenvalue weighted by Gasteiger charge is -2.21. The molecule has 1 aliphatic rings. The van der Waals surface area contributed by atoms with Crippen LogP contribution in [0.3, 0.4) is 0 Å². The summed E-state index contributed by atoms with van der Waals surface area (Å²) < 4.78 is 5.50. The lowest BCUT2D eigenvalue weighted by molar-refractivity contribution is -0.132. The number of rotatable bonds is 3. The van der Waals surface area contributed by atoms with Crippen molar-refractivity contribution in [2.75, 3.05) is 6.61 Å². The molecule has 0 radical (unpaired) electrons.